The fourth-order valence-corrected chi connectivity index (χ4v) is 3.77. The maximum atomic E-state index is 11.7. The number of carbonyl (C=O) groups is 1. The third kappa shape index (κ3) is 3.17. The van der Waals surface area contributed by atoms with E-state index < -0.39 is 5.91 Å². The molecule has 0 atom stereocenters. The van der Waals surface area contributed by atoms with Crippen LogP contribution in [0.5, 0.6) is 0 Å². The molecule has 3 aliphatic carbocycles. The van der Waals surface area contributed by atoms with E-state index >= 15 is 0 Å². The third-order valence-corrected chi connectivity index (χ3v) is 5.60. The van der Waals surface area contributed by atoms with Crippen LogP contribution in [-0.4, -0.2) is 38.7 Å². The van der Waals surface area contributed by atoms with E-state index in [0.29, 0.717) is 23.2 Å². The van der Waals surface area contributed by atoms with Crippen molar-refractivity contribution in [1.29, 1.82) is 0 Å². The molecule has 0 unspecified atom stereocenters. The van der Waals surface area contributed by atoms with Crippen LogP contribution in [0, 0.1) is 5.92 Å². The highest BCUT2D eigenvalue weighted by atomic mass is 16.3. The van der Waals surface area contributed by atoms with E-state index in [1.165, 1.54) is 19.0 Å². The summed E-state index contributed by atoms with van der Waals surface area (Å²) in [6.07, 6.45) is 9.48. The van der Waals surface area contributed by atoms with Gasteiger partial charge in [-0.25, -0.2) is 4.98 Å². The van der Waals surface area contributed by atoms with Crippen LogP contribution in [-0.2, 0) is 0 Å². The zero-order valence-electron chi connectivity index (χ0n) is 13.8. The fraction of sp³-hybridized carbons (Fsp3) is 0.706. The van der Waals surface area contributed by atoms with E-state index in [9.17, 15) is 9.90 Å². The van der Waals surface area contributed by atoms with Crippen LogP contribution in [0.25, 0.3) is 0 Å². The SMILES string of the molecule is NC(=O)c1cnc(N[C@H]2CC[C@H](O)CC2)nc1NC1(C2CC2)CC1. The standard InChI is InChI=1S/C17H25N5O2/c18-14(24)13-9-19-16(20-11-3-5-12(23)6-4-11)21-15(13)22-17(7-8-17)10-1-2-10/h9-12,23H,1-8H2,(H2,18,24)(H2,19,20,21,22)/t11-,12-. The number of nitrogens with one attached hydrogen (secondary N) is 2. The lowest BCUT2D eigenvalue weighted by atomic mass is 9.93. The van der Waals surface area contributed by atoms with Gasteiger partial charge in [-0.1, -0.05) is 0 Å². The highest BCUT2D eigenvalue weighted by Gasteiger charge is 2.54. The number of nitrogens with zero attached hydrogens (tertiary/aromatic N) is 2. The normalized spacial score (nSPS) is 28.2. The molecule has 0 radical (unpaired) electrons. The topological polar surface area (TPSA) is 113 Å². The van der Waals surface area contributed by atoms with Gasteiger partial charge < -0.3 is 21.5 Å². The van der Waals surface area contributed by atoms with Crippen LogP contribution in [0.15, 0.2) is 6.20 Å². The number of rotatable bonds is 6. The molecule has 3 aliphatic rings. The van der Waals surface area contributed by atoms with E-state index in [4.69, 9.17) is 5.73 Å². The minimum atomic E-state index is -0.503. The average molecular weight is 331 g/mol. The van der Waals surface area contributed by atoms with Gasteiger partial charge in [-0.05, 0) is 57.3 Å². The van der Waals surface area contributed by atoms with Crippen LogP contribution in [0.1, 0.15) is 61.7 Å². The smallest absolute Gasteiger partial charge is 0.254 e. The number of primary amides is 1. The maximum absolute atomic E-state index is 11.7. The summed E-state index contributed by atoms with van der Waals surface area (Å²) in [7, 11) is 0. The molecule has 1 amide bonds. The Labute approximate surface area is 141 Å². The molecule has 1 aromatic heterocycles. The van der Waals surface area contributed by atoms with Gasteiger partial charge in [0.15, 0.2) is 0 Å². The molecule has 1 heterocycles. The molecule has 24 heavy (non-hydrogen) atoms. The lowest BCUT2D eigenvalue weighted by Crippen LogP contribution is -2.30. The second kappa shape index (κ2) is 5.88. The summed E-state index contributed by atoms with van der Waals surface area (Å²) in [5.41, 5.74) is 5.96. The predicted molar refractivity (Wildman–Crippen MR) is 90.7 cm³/mol. The van der Waals surface area contributed by atoms with Gasteiger partial charge in [0, 0.05) is 17.8 Å². The first-order valence-corrected chi connectivity index (χ1v) is 8.95. The number of anilines is 2. The number of amides is 1. The monoisotopic (exact) mass is 331 g/mol. The Balaban J connectivity index is 1.51. The summed E-state index contributed by atoms with van der Waals surface area (Å²) in [4.78, 5) is 20.5. The summed E-state index contributed by atoms with van der Waals surface area (Å²) in [5, 5.41) is 16.4. The van der Waals surface area contributed by atoms with Gasteiger partial charge in [0.1, 0.15) is 5.82 Å². The molecule has 1 aromatic rings. The lowest BCUT2D eigenvalue weighted by Gasteiger charge is -2.26. The van der Waals surface area contributed by atoms with E-state index in [0.717, 1.165) is 38.5 Å². The molecule has 5 N–H and O–H groups in total. The number of hydrogen-bond donors (Lipinski definition) is 4. The molecule has 7 nitrogen and oxygen atoms in total. The minimum Gasteiger partial charge on any atom is -0.393 e. The molecule has 0 spiro atoms. The average Bonchev–Trinajstić information content (AvgIpc) is 3.43. The molecule has 3 fully saturated rings. The Bertz CT molecular complexity index is 634. The van der Waals surface area contributed by atoms with Crippen LogP contribution in [0.3, 0.4) is 0 Å². The quantitative estimate of drug-likeness (QED) is 0.630. The van der Waals surface area contributed by atoms with Crippen molar-refractivity contribution in [1.82, 2.24) is 9.97 Å². The van der Waals surface area contributed by atoms with Gasteiger partial charge in [-0.3, -0.25) is 4.79 Å². The lowest BCUT2D eigenvalue weighted by molar-refractivity contribution is 0.1000. The van der Waals surface area contributed by atoms with Crippen LogP contribution < -0.4 is 16.4 Å². The Morgan fingerprint density at radius 3 is 2.50 bits per heavy atom. The summed E-state index contributed by atoms with van der Waals surface area (Å²) >= 11 is 0. The number of hydrogen-bond acceptors (Lipinski definition) is 6. The molecular formula is C17H25N5O2. The molecule has 7 heteroatoms. The van der Waals surface area contributed by atoms with Crippen molar-refractivity contribution in [2.75, 3.05) is 10.6 Å². The van der Waals surface area contributed by atoms with Crippen molar-refractivity contribution in [2.45, 2.75) is 69.1 Å². The Morgan fingerprint density at radius 2 is 1.92 bits per heavy atom. The molecule has 0 aromatic carbocycles. The van der Waals surface area contributed by atoms with Crippen molar-refractivity contribution in [3.8, 4) is 0 Å². The predicted octanol–water partition coefficient (Wildman–Crippen LogP) is 1.65. The first-order chi connectivity index (χ1) is 11.6. The third-order valence-electron chi connectivity index (χ3n) is 5.60. The van der Waals surface area contributed by atoms with Gasteiger partial charge in [0.05, 0.1) is 11.7 Å². The summed E-state index contributed by atoms with van der Waals surface area (Å²) in [6, 6.07) is 0.263. The summed E-state index contributed by atoms with van der Waals surface area (Å²) in [5.74, 6) is 1.27. The van der Waals surface area contributed by atoms with Gasteiger partial charge in [-0.2, -0.15) is 4.98 Å². The molecule has 0 aliphatic heterocycles. The summed E-state index contributed by atoms with van der Waals surface area (Å²) in [6.45, 7) is 0. The van der Waals surface area contributed by atoms with E-state index in [1.807, 2.05) is 0 Å². The highest BCUT2D eigenvalue weighted by Crippen LogP contribution is 2.55. The zero-order valence-corrected chi connectivity index (χ0v) is 13.8. The fourth-order valence-electron chi connectivity index (χ4n) is 3.77. The number of nitrogens with two attached hydrogens (primary N) is 1. The van der Waals surface area contributed by atoms with E-state index in [2.05, 4.69) is 20.6 Å². The highest BCUT2D eigenvalue weighted by molar-refractivity contribution is 5.97. The molecular weight excluding hydrogens is 306 g/mol. The van der Waals surface area contributed by atoms with Crippen LogP contribution >= 0.6 is 0 Å². The Kier molecular flexibility index (Phi) is 3.83. The van der Waals surface area contributed by atoms with E-state index in [-0.39, 0.29) is 17.7 Å². The molecule has 0 saturated heterocycles. The molecule has 0 bridgehead atoms. The van der Waals surface area contributed by atoms with Crippen molar-refractivity contribution in [3.63, 3.8) is 0 Å². The molecule has 4 rings (SSSR count). The van der Waals surface area contributed by atoms with Gasteiger partial charge in [0.2, 0.25) is 5.95 Å². The second-order valence-electron chi connectivity index (χ2n) is 7.53. The van der Waals surface area contributed by atoms with Gasteiger partial charge in [-0.15, -0.1) is 0 Å². The summed E-state index contributed by atoms with van der Waals surface area (Å²) < 4.78 is 0. The van der Waals surface area contributed by atoms with Crippen molar-refractivity contribution in [3.05, 3.63) is 11.8 Å². The van der Waals surface area contributed by atoms with Crippen molar-refractivity contribution < 1.29 is 9.90 Å². The van der Waals surface area contributed by atoms with Crippen molar-refractivity contribution in [2.24, 2.45) is 11.7 Å². The Morgan fingerprint density at radius 1 is 1.21 bits per heavy atom. The van der Waals surface area contributed by atoms with E-state index in [1.54, 1.807) is 0 Å². The minimum absolute atomic E-state index is 0.116. The first kappa shape index (κ1) is 15.6. The number of aliphatic hydroxyl groups is 1. The maximum Gasteiger partial charge on any atom is 0.254 e. The van der Waals surface area contributed by atoms with Gasteiger partial charge in [0.25, 0.3) is 5.91 Å². The number of carbonyl (C=O) groups excluding carboxylic acids is 1. The molecule has 3 saturated carbocycles. The largest absolute Gasteiger partial charge is 0.393 e. The van der Waals surface area contributed by atoms with Gasteiger partial charge >= 0.3 is 0 Å². The Hall–Kier alpha value is -1.89. The zero-order chi connectivity index (χ0) is 16.7. The van der Waals surface area contributed by atoms with Crippen molar-refractivity contribution >= 4 is 17.7 Å². The number of aliphatic hydroxyl groups excluding tert-OH is 1. The number of aromatic nitrogens is 2. The second-order valence-corrected chi connectivity index (χ2v) is 7.53. The molecule has 130 valence electrons. The van der Waals surface area contributed by atoms with Crippen LogP contribution in [0.4, 0.5) is 11.8 Å². The first-order valence-electron chi connectivity index (χ1n) is 8.95. The van der Waals surface area contributed by atoms with Crippen LogP contribution in [0.2, 0.25) is 0 Å².